The third-order valence-electron chi connectivity index (χ3n) is 2.38. The average Bonchev–Trinajstić information content (AvgIpc) is 2.28. The first kappa shape index (κ1) is 13.8. The second-order valence-electron chi connectivity index (χ2n) is 3.90. The maximum atomic E-state index is 13.1. The summed E-state index contributed by atoms with van der Waals surface area (Å²) in [7, 11) is 0. The molecule has 0 aliphatic carbocycles. The zero-order valence-corrected chi connectivity index (χ0v) is 9.79. The molecule has 5 heteroatoms. The molecule has 0 bridgehead atoms. The number of hydrogen-bond acceptors (Lipinski definition) is 2. The lowest BCUT2D eigenvalue weighted by atomic mass is 10.1. The molecule has 2 N–H and O–H groups in total. The third kappa shape index (κ3) is 3.63. The first-order chi connectivity index (χ1) is 7.86. The zero-order chi connectivity index (χ0) is 13.1. The quantitative estimate of drug-likeness (QED) is 0.865. The standard InChI is InChI=1S/C12H16F3NO/c1-3-11(13)12(14,15)17-10-6-4-9(5-7-10)8(2)16/h4-8,11H,3,16H2,1-2H3. The Hall–Kier alpha value is -1.23. The van der Waals surface area contributed by atoms with Gasteiger partial charge in [-0.2, -0.15) is 8.78 Å². The molecule has 0 spiro atoms. The molecule has 96 valence electrons. The van der Waals surface area contributed by atoms with Crippen molar-refractivity contribution in [2.75, 3.05) is 0 Å². The van der Waals surface area contributed by atoms with Crippen LogP contribution >= 0.6 is 0 Å². The number of benzene rings is 1. The van der Waals surface area contributed by atoms with Crippen LogP contribution in [0.25, 0.3) is 0 Å². The summed E-state index contributed by atoms with van der Waals surface area (Å²) >= 11 is 0. The van der Waals surface area contributed by atoms with Gasteiger partial charge in [0.25, 0.3) is 0 Å². The van der Waals surface area contributed by atoms with Crippen LogP contribution in [-0.4, -0.2) is 12.3 Å². The fourth-order valence-electron chi connectivity index (χ4n) is 1.30. The lowest BCUT2D eigenvalue weighted by Gasteiger charge is -2.20. The molecule has 2 nitrogen and oxygen atoms in total. The van der Waals surface area contributed by atoms with Gasteiger partial charge in [0.2, 0.25) is 6.17 Å². The molecule has 0 heterocycles. The van der Waals surface area contributed by atoms with E-state index in [0.717, 1.165) is 5.56 Å². The number of halogens is 3. The maximum Gasteiger partial charge on any atom is 0.429 e. The molecule has 2 atom stereocenters. The summed E-state index contributed by atoms with van der Waals surface area (Å²) in [5, 5.41) is 0. The molecule has 2 unspecified atom stereocenters. The van der Waals surface area contributed by atoms with Gasteiger partial charge in [-0.25, -0.2) is 4.39 Å². The van der Waals surface area contributed by atoms with E-state index >= 15 is 0 Å². The average molecular weight is 247 g/mol. The summed E-state index contributed by atoms with van der Waals surface area (Å²) in [6, 6.07) is 5.68. The molecule has 0 saturated heterocycles. The molecule has 1 aromatic carbocycles. The van der Waals surface area contributed by atoms with E-state index in [1.165, 1.54) is 19.1 Å². The van der Waals surface area contributed by atoms with Gasteiger partial charge in [0.1, 0.15) is 5.75 Å². The van der Waals surface area contributed by atoms with Gasteiger partial charge in [0, 0.05) is 6.04 Å². The van der Waals surface area contributed by atoms with Gasteiger partial charge in [-0.15, -0.1) is 0 Å². The monoisotopic (exact) mass is 247 g/mol. The lowest BCUT2D eigenvalue weighted by Crippen LogP contribution is -2.35. The Morgan fingerprint density at radius 3 is 2.24 bits per heavy atom. The van der Waals surface area contributed by atoms with E-state index in [4.69, 9.17) is 5.73 Å². The van der Waals surface area contributed by atoms with Gasteiger partial charge in [0.05, 0.1) is 0 Å². The minimum absolute atomic E-state index is 0.0736. The van der Waals surface area contributed by atoms with E-state index in [9.17, 15) is 13.2 Å². The van der Waals surface area contributed by atoms with Crippen molar-refractivity contribution in [2.24, 2.45) is 5.73 Å². The molecular formula is C12H16F3NO. The molecule has 0 amide bonds. The largest absolute Gasteiger partial charge is 0.430 e. The van der Waals surface area contributed by atoms with E-state index < -0.39 is 12.3 Å². The highest BCUT2D eigenvalue weighted by molar-refractivity contribution is 5.29. The minimum Gasteiger partial charge on any atom is -0.430 e. The summed E-state index contributed by atoms with van der Waals surface area (Å²) in [5.41, 5.74) is 6.41. The van der Waals surface area contributed by atoms with Gasteiger partial charge in [-0.1, -0.05) is 19.1 Å². The highest BCUT2D eigenvalue weighted by Crippen LogP contribution is 2.28. The minimum atomic E-state index is -3.80. The fraction of sp³-hybridized carbons (Fsp3) is 0.500. The Kier molecular flexibility index (Phi) is 4.40. The van der Waals surface area contributed by atoms with Crippen LogP contribution in [-0.2, 0) is 0 Å². The van der Waals surface area contributed by atoms with E-state index in [-0.39, 0.29) is 18.2 Å². The fourth-order valence-corrected chi connectivity index (χ4v) is 1.30. The first-order valence-electron chi connectivity index (χ1n) is 5.43. The molecule has 0 aromatic heterocycles. The predicted octanol–water partition coefficient (Wildman–Crippen LogP) is 3.43. The van der Waals surface area contributed by atoms with Crippen molar-refractivity contribution in [1.29, 1.82) is 0 Å². The van der Waals surface area contributed by atoms with Crippen LogP contribution in [0.4, 0.5) is 13.2 Å². The van der Waals surface area contributed by atoms with E-state index in [2.05, 4.69) is 4.74 Å². The topological polar surface area (TPSA) is 35.2 Å². The maximum absolute atomic E-state index is 13.1. The molecule has 17 heavy (non-hydrogen) atoms. The van der Waals surface area contributed by atoms with Crippen molar-refractivity contribution >= 4 is 0 Å². The lowest BCUT2D eigenvalue weighted by molar-refractivity contribution is -0.220. The molecule has 0 fully saturated rings. The number of nitrogens with two attached hydrogens (primary N) is 1. The Morgan fingerprint density at radius 2 is 1.82 bits per heavy atom. The number of rotatable bonds is 5. The van der Waals surface area contributed by atoms with Gasteiger partial charge in [0.15, 0.2) is 0 Å². The molecule has 1 rings (SSSR count). The first-order valence-corrected chi connectivity index (χ1v) is 5.43. The Morgan fingerprint density at radius 1 is 1.29 bits per heavy atom. The van der Waals surface area contributed by atoms with Gasteiger partial charge in [-0.3, -0.25) is 0 Å². The van der Waals surface area contributed by atoms with E-state index in [1.807, 2.05) is 0 Å². The molecule has 0 aliphatic rings. The van der Waals surface area contributed by atoms with Crippen molar-refractivity contribution in [3.63, 3.8) is 0 Å². The van der Waals surface area contributed by atoms with Crippen molar-refractivity contribution in [3.8, 4) is 5.75 Å². The Balaban J connectivity index is 2.75. The molecule has 0 saturated carbocycles. The number of alkyl halides is 3. The summed E-state index contributed by atoms with van der Waals surface area (Å²) in [6.07, 6.45) is -6.41. The molecule has 0 aliphatic heterocycles. The van der Waals surface area contributed by atoms with Crippen LogP contribution in [0.1, 0.15) is 31.9 Å². The van der Waals surface area contributed by atoms with Crippen molar-refractivity contribution in [3.05, 3.63) is 29.8 Å². The van der Waals surface area contributed by atoms with Crippen LogP contribution in [0.15, 0.2) is 24.3 Å². The highest BCUT2D eigenvalue weighted by Gasteiger charge is 2.41. The van der Waals surface area contributed by atoms with Gasteiger partial charge in [-0.05, 0) is 31.0 Å². The molecule has 1 aromatic rings. The normalized spacial score (nSPS) is 15.4. The van der Waals surface area contributed by atoms with Gasteiger partial charge >= 0.3 is 6.11 Å². The Bertz CT molecular complexity index is 351. The Labute approximate surface area is 98.6 Å². The number of ether oxygens (including phenoxy) is 1. The molecular weight excluding hydrogens is 231 g/mol. The van der Waals surface area contributed by atoms with E-state index in [1.54, 1.807) is 19.1 Å². The van der Waals surface area contributed by atoms with Crippen LogP contribution < -0.4 is 10.5 Å². The van der Waals surface area contributed by atoms with E-state index in [0.29, 0.717) is 0 Å². The van der Waals surface area contributed by atoms with Crippen molar-refractivity contribution < 1.29 is 17.9 Å². The van der Waals surface area contributed by atoms with Crippen LogP contribution in [0.3, 0.4) is 0 Å². The van der Waals surface area contributed by atoms with Crippen LogP contribution in [0, 0.1) is 0 Å². The van der Waals surface area contributed by atoms with Gasteiger partial charge < -0.3 is 10.5 Å². The highest BCUT2D eigenvalue weighted by atomic mass is 19.3. The second kappa shape index (κ2) is 5.40. The summed E-state index contributed by atoms with van der Waals surface area (Å²) < 4.78 is 43.5. The summed E-state index contributed by atoms with van der Waals surface area (Å²) in [5.74, 6) is -0.0736. The van der Waals surface area contributed by atoms with Crippen molar-refractivity contribution in [1.82, 2.24) is 0 Å². The summed E-state index contributed by atoms with van der Waals surface area (Å²) in [4.78, 5) is 0. The van der Waals surface area contributed by atoms with Crippen LogP contribution in [0.5, 0.6) is 5.75 Å². The smallest absolute Gasteiger partial charge is 0.429 e. The SMILES string of the molecule is CCC(F)C(F)(F)Oc1ccc(C(C)N)cc1. The number of hydrogen-bond donors (Lipinski definition) is 1. The second-order valence-corrected chi connectivity index (χ2v) is 3.90. The van der Waals surface area contributed by atoms with Crippen molar-refractivity contribution in [2.45, 2.75) is 38.6 Å². The zero-order valence-electron chi connectivity index (χ0n) is 9.79. The predicted molar refractivity (Wildman–Crippen MR) is 59.8 cm³/mol. The van der Waals surface area contributed by atoms with Crippen LogP contribution in [0.2, 0.25) is 0 Å². The molecule has 0 radical (unpaired) electrons. The summed E-state index contributed by atoms with van der Waals surface area (Å²) in [6.45, 7) is 3.11. The third-order valence-corrected chi connectivity index (χ3v) is 2.38.